The summed E-state index contributed by atoms with van der Waals surface area (Å²) >= 11 is 4.88. The van der Waals surface area contributed by atoms with Crippen LogP contribution in [0.4, 0.5) is 8.78 Å². The minimum atomic E-state index is -2.82. The average molecular weight is 383 g/mol. The number of rotatable bonds is 4. The number of alkyl halides is 2. The summed E-state index contributed by atoms with van der Waals surface area (Å²) in [6.07, 6.45) is 3.45. The molecule has 2 aromatic heterocycles. The van der Waals surface area contributed by atoms with E-state index in [0.717, 1.165) is 26.3 Å². The number of halogens is 3. The lowest BCUT2D eigenvalue weighted by atomic mass is 10.2. The lowest BCUT2D eigenvalue weighted by Gasteiger charge is -2.04. The van der Waals surface area contributed by atoms with Gasteiger partial charge in [0.05, 0.1) is 5.69 Å². The molecule has 3 aromatic rings. The minimum absolute atomic E-state index is 0.130. The monoisotopic (exact) mass is 382 g/mol. The van der Waals surface area contributed by atoms with E-state index in [2.05, 4.69) is 30.6 Å². The van der Waals surface area contributed by atoms with Crippen molar-refractivity contribution in [3.63, 3.8) is 0 Å². The number of ether oxygens (including phenoxy) is 1. The molecule has 0 bridgehead atoms. The fourth-order valence-electron chi connectivity index (χ4n) is 1.87. The predicted molar refractivity (Wildman–Crippen MR) is 85.1 cm³/mol. The molecule has 3 nitrogen and oxygen atoms in total. The first-order valence-electron chi connectivity index (χ1n) is 6.23. The summed E-state index contributed by atoms with van der Waals surface area (Å²) in [7, 11) is 0. The van der Waals surface area contributed by atoms with Gasteiger partial charge in [0.15, 0.2) is 0 Å². The molecule has 0 unspecified atom stereocenters. The van der Waals surface area contributed by atoms with Crippen molar-refractivity contribution in [3.05, 3.63) is 52.6 Å². The van der Waals surface area contributed by atoms with Gasteiger partial charge in [0.1, 0.15) is 10.8 Å². The van der Waals surface area contributed by atoms with Crippen LogP contribution in [0, 0.1) is 0 Å². The molecular formula is C15H9BrF2N2OS. The van der Waals surface area contributed by atoms with Crippen molar-refractivity contribution in [1.82, 2.24) is 9.97 Å². The number of benzene rings is 1. The molecule has 0 aliphatic carbocycles. The van der Waals surface area contributed by atoms with Crippen molar-refractivity contribution in [1.29, 1.82) is 0 Å². The third kappa shape index (κ3) is 3.48. The van der Waals surface area contributed by atoms with Crippen molar-refractivity contribution in [3.8, 4) is 27.6 Å². The molecule has 0 aliphatic heterocycles. The Morgan fingerprint density at radius 1 is 1.09 bits per heavy atom. The molecule has 0 saturated carbocycles. The molecular weight excluding hydrogens is 374 g/mol. The Balaban J connectivity index is 1.84. The molecule has 3 rings (SSSR count). The maximum atomic E-state index is 12.1. The van der Waals surface area contributed by atoms with E-state index in [1.165, 1.54) is 23.5 Å². The number of hydrogen-bond donors (Lipinski definition) is 0. The molecule has 112 valence electrons. The molecule has 2 heterocycles. The Labute approximate surface area is 137 Å². The van der Waals surface area contributed by atoms with Crippen LogP contribution in [0.15, 0.2) is 52.6 Å². The molecule has 1 aromatic carbocycles. The molecule has 0 N–H and O–H groups in total. The summed E-state index contributed by atoms with van der Waals surface area (Å²) in [5, 5.41) is 2.76. The van der Waals surface area contributed by atoms with Crippen LogP contribution in [0.3, 0.4) is 0 Å². The highest BCUT2D eigenvalue weighted by Gasteiger charge is 2.09. The van der Waals surface area contributed by atoms with E-state index >= 15 is 0 Å². The standard InChI is InChI=1S/C15H9BrF2N2OS/c16-11-5-10(6-19-7-11)14-20-13(8-22-14)9-1-3-12(4-2-9)21-15(17)18/h1-8,15H. The van der Waals surface area contributed by atoms with Gasteiger partial charge in [-0.25, -0.2) is 4.98 Å². The van der Waals surface area contributed by atoms with Gasteiger partial charge < -0.3 is 4.74 Å². The van der Waals surface area contributed by atoms with Gasteiger partial charge in [-0.2, -0.15) is 8.78 Å². The molecule has 0 amide bonds. The molecule has 22 heavy (non-hydrogen) atoms. The van der Waals surface area contributed by atoms with Gasteiger partial charge in [-0.3, -0.25) is 4.98 Å². The summed E-state index contributed by atoms with van der Waals surface area (Å²) in [4.78, 5) is 8.67. The highest BCUT2D eigenvalue weighted by Crippen LogP contribution is 2.30. The SMILES string of the molecule is FC(F)Oc1ccc(-c2csc(-c3cncc(Br)c3)n2)cc1. The molecule has 0 atom stereocenters. The summed E-state index contributed by atoms with van der Waals surface area (Å²) in [5.41, 5.74) is 2.54. The lowest BCUT2D eigenvalue weighted by Crippen LogP contribution is -2.01. The predicted octanol–water partition coefficient (Wildman–Crippen LogP) is 5.24. The zero-order chi connectivity index (χ0) is 15.5. The summed E-state index contributed by atoms with van der Waals surface area (Å²) in [6, 6.07) is 8.35. The first-order chi connectivity index (χ1) is 10.6. The second-order valence-electron chi connectivity index (χ2n) is 4.33. The second-order valence-corrected chi connectivity index (χ2v) is 6.11. The molecule has 0 aliphatic rings. The number of hydrogen-bond acceptors (Lipinski definition) is 4. The van der Waals surface area contributed by atoms with Crippen LogP contribution in [0.5, 0.6) is 5.75 Å². The summed E-state index contributed by atoms with van der Waals surface area (Å²) in [5.74, 6) is 0.130. The van der Waals surface area contributed by atoms with Crippen LogP contribution in [-0.2, 0) is 0 Å². The van der Waals surface area contributed by atoms with Crippen LogP contribution in [0.25, 0.3) is 21.8 Å². The number of thiazole rings is 1. The molecule has 7 heteroatoms. The lowest BCUT2D eigenvalue weighted by molar-refractivity contribution is -0.0498. The van der Waals surface area contributed by atoms with Crippen LogP contribution in [0.1, 0.15) is 0 Å². The minimum Gasteiger partial charge on any atom is -0.435 e. The van der Waals surface area contributed by atoms with Gasteiger partial charge in [-0.1, -0.05) is 0 Å². The Morgan fingerprint density at radius 2 is 1.86 bits per heavy atom. The fourth-order valence-corrected chi connectivity index (χ4v) is 3.05. The van der Waals surface area contributed by atoms with E-state index in [1.807, 2.05) is 11.4 Å². The van der Waals surface area contributed by atoms with Gasteiger partial charge in [0.2, 0.25) is 0 Å². The van der Waals surface area contributed by atoms with Crippen molar-refractivity contribution in [2.75, 3.05) is 0 Å². The van der Waals surface area contributed by atoms with Crippen LogP contribution >= 0.6 is 27.3 Å². The maximum absolute atomic E-state index is 12.1. The highest BCUT2D eigenvalue weighted by atomic mass is 79.9. The second kappa shape index (κ2) is 6.50. The largest absolute Gasteiger partial charge is 0.435 e. The van der Waals surface area contributed by atoms with Crippen LogP contribution in [0.2, 0.25) is 0 Å². The van der Waals surface area contributed by atoms with Crippen LogP contribution < -0.4 is 4.74 Å². The highest BCUT2D eigenvalue weighted by molar-refractivity contribution is 9.10. The van der Waals surface area contributed by atoms with E-state index in [-0.39, 0.29) is 5.75 Å². The zero-order valence-corrected chi connectivity index (χ0v) is 13.4. The average Bonchev–Trinajstić information content (AvgIpc) is 2.97. The van der Waals surface area contributed by atoms with E-state index in [9.17, 15) is 8.78 Å². The number of pyridine rings is 1. The molecule has 0 saturated heterocycles. The van der Waals surface area contributed by atoms with Crippen molar-refractivity contribution in [2.24, 2.45) is 0 Å². The van der Waals surface area contributed by atoms with Crippen LogP contribution in [-0.4, -0.2) is 16.6 Å². The van der Waals surface area contributed by atoms with Gasteiger partial charge in [0, 0.05) is 33.4 Å². The first-order valence-corrected chi connectivity index (χ1v) is 7.91. The van der Waals surface area contributed by atoms with E-state index in [4.69, 9.17) is 0 Å². The zero-order valence-electron chi connectivity index (χ0n) is 11.0. The topological polar surface area (TPSA) is 35.0 Å². The van der Waals surface area contributed by atoms with E-state index in [1.54, 1.807) is 24.5 Å². The van der Waals surface area contributed by atoms with Gasteiger partial charge in [0.25, 0.3) is 0 Å². The van der Waals surface area contributed by atoms with Gasteiger partial charge >= 0.3 is 6.61 Å². The Morgan fingerprint density at radius 3 is 2.55 bits per heavy atom. The van der Waals surface area contributed by atoms with E-state index < -0.39 is 6.61 Å². The Kier molecular flexibility index (Phi) is 4.44. The quantitative estimate of drug-likeness (QED) is 0.619. The molecule has 0 spiro atoms. The maximum Gasteiger partial charge on any atom is 0.387 e. The Bertz CT molecular complexity index is 777. The molecule has 0 fully saturated rings. The van der Waals surface area contributed by atoms with Gasteiger partial charge in [-0.15, -0.1) is 11.3 Å². The third-order valence-corrected chi connectivity index (χ3v) is 4.16. The first kappa shape index (κ1) is 15.1. The summed E-state index contributed by atoms with van der Waals surface area (Å²) in [6.45, 7) is -2.82. The molecule has 0 radical (unpaired) electrons. The normalized spacial score (nSPS) is 10.9. The van der Waals surface area contributed by atoms with Crippen molar-refractivity contribution in [2.45, 2.75) is 6.61 Å². The van der Waals surface area contributed by atoms with Crippen molar-refractivity contribution >= 4 is 27.3 Å². The fraction of sp³-hybridized carbons (Fsp3) is 0.0667. The smallest absolute Gasteiger partial charge is 0.387 e. The van der Waals surface area contributed by atoms with Gasteiger partial charge in [-0.05, 0) is 46.3 Å². The summed E-state index contributed by atoms with van der Waals surface area (Å²) < 4.78 is 29.5. The number of aromatic nitrogens is 2. The Hall–Kier alpha value is -1.86. The number of nitrogens with zero attached hydrogens (tertiary/aromatic N) is 2. The third-order valence-electron chi connectivity index (χ3n) is 2.83. The van der Waals surface area contributed by atoms with E-state index in [0.29, 0.717) is 0 Å². The van der Waals surface area contributed by atoms with Crippen molar-refractivity contribution < 1.29 is 13.5 Å².